The summed E-state index contributed by atoms with van der Waals surface area (Å²) in [5.74, 6) is 0.498. The molecule has 0 unspecified atom stereocenters. The molecule has 3 rings (SSSR count). The Morgan fingerprint density at radius 1 is 1.61 bits per heavy atom. The van der Waals surface area contributed by atoms with Gasteiger partial charge in [-0.05, 0) is 24.5 Å². The zero-order chi connectivity index (χ0) is 12.5. The van der Waals surface area contributed by atoms with Crippen LogP contribution in [-0.4, -0.2) is 38.8 Å². The van der Waals surface area contributed by atoms with E-state index < -0.39 is 0 Å². The number of carbonyl (C=O) groups excluding carboxylic acids is 1. The van der Waals surface area contributed by atoms with E-state index in [1.807, 2.05) is 12.3 Å². The van der Waals surface area contributed by atoms with Gasteiger partial charge in [-0.2, -0.15) is 0 Å². The summed E-state index contributed by atoms with van der Waals surface area (Å²) in [7, 11) is 0. The highest BCUT2D eigenvalue weighted by atomic mass is 16.2. The molecule has 1 aliphatic heterocycles. The quantitative estimate of drug-likeness (QED) is 0.821. The maximum Gasteiger partial charge on any atom is 0.245 e. The zero-order valence-corrected chi connectivity index (χ0v) is 9.97. The third kappa shape index (κ3) is 1.88. The molecule has 1 fully saturated rings. The molecule has 18 heavy (non-hydrogen) atoms. The van der Waals surface area contributed by atoms with Crippen LogP contribution in [0.4, 0.5) is 0 Å². The number of hydrogen-bond acceptors (Lipinski definition) is 3. The van der Waals surface area contributed by atoms with Crippen LogP contribution in [0.1, 0.15) is 5.69 Å². The lowest BCUT2D eigenvalue weighted by molar-refractivity contribution is -0.132. The second-order valence-electron chi connectivity index (χ2n) is 4.59. The first-order valence-corrected chi connectivity index (χ1v) is 5.96. The van der Waals surface area contributed by atoms with Gasteiger partial charge >= 0.3 is 0 Å². The van der Waals surface area contributed by atoms with Crippen LogP contribution in [0, 0.1) is 5.92 Å². The Labute approximate surface area is 105 Å². The number of aromatic nitrogens is 3. The first-order chi connectivity index (χ1) is 8.76. The second-order valence-corrected chi connectivity index (χ2v) is 4.59. The van der Waals surface area contributed by atoms with Crippen molar-refractivity contribution in [3.63, 3.8) is 0 Å². The SMILES string of the molecule is C=CC(=O)N1CC(Cc2cnc3[nH]ccc3n2)C1. The molecule has 0 atom stereocenters. The minimum absolute atomic E-state index is 0.0124. The maximum atomic E-state index is 11.3. The lowest BCUT2D eigenvalue weighted by atomic mass is 9.94. The maximum absolute atomic E-state index is 11.3. The largest absolute Gasteiger partial charge is 0.345 e. The van der Waals surface area contributed by atoms with Gasteiger partial charge in [0.25, 0.3) is 0 Å². The Morgan fingerprint density at radius 3 is 3.22 bits per heavy atom. The van der Waals surface area contributed by atoms with Gasteiger partial charge in [-0.15, -0.1) is 0 Å². The molecule has 5 heteroatoms. The molecule has 0 spiro atoms. The van der Waals surface area contributed by atoms with Crippen molar-refractivity contribution in [2.45, 2.75) is 6.42 Å². The highest BCUT2D eigenvalue weighted by Crippen LogP contribution is 2.20. The van der Waals surface area contributed by atoms with Gasteiger partial charge in [0, 0.05) is 19.3 Å². The average molecular weight is 242 g/mol. The van der Waals surface area contributed by atoms with E-state index in [0.717, 1.165) is 36.4 Å². The summed E-state index contributed by atoms with van der Waals surface area (Å²) in [5, 5.41) is 0. The molecule has 1 aliphatic rings. The van der Waals surface area contributed by atoms with Crippen molar-refractivity contribution in [3.8, 4) is 0 Å². The van der Waals surface area contributed by atoms with E-state index in [0.29, 0.717) is 5.92 Å². The highest BCUT2D eigenvalue weighted by molar-refractivity contribution is 5.87. The minimum Gasteiger partial charge on any atom is -0.345 e. The molecule has 0 aromatic carbocycles. The first-order valence-electron chi connectivity index (χ1n) is 5.96. The van der Waals surface area contributed by atoms with Crippen molar-refractivity contribution < 1.29 is 4.79 Å². The van der Waals surface area contributed by atoms with E-state index >= 15 is 0 Å². The summed E-state index contributed by atoms with van der Waals surface area (Å²) in [4.78, 5) is 25.0. The predicted octanol–water partition coefficient (Wildman–Crippen LogP) is 1.14. The molecule has 1 amide bonds. The molecule has 0 saturated carbocycles. The highest BCUT2D eigenvalue weighted by Gasteiger charge is 2.29. The topological polar surface area (TPSA) is 61.9 Å². The fraction of sp³-hybridized carbons (Fsp3) is 0.308. The molecule has 0 radical (unpaired) electrons. The molecule has 0 bridgehead atoms. The third-order valence-corrected chi connectivity index (χ3v) is 3.25. The third-order valence-electron chi connectivity index (χ3n) is 3.25. The number of hydrogen-bond donors (Lipinski definition) is 1. The Morgan fingerprint density at radius 2 is 2.44 bits per heavy atom. The summed E-state index contributed by atoms with van der Waals surface area (Å²) < 4.78 is 0. The van der Waals surface area contributed by atoms with Crippen LogP contribution in [0.2, 0.25) is 0 Å². The van der Waals surface area contributed by atoms with E-state index in [2.05, 4.69) is 21.5 Å². The smallest absolute Gasteiger partial charge is 0.245 e. The van der Waals surface area contributed by atoms with Gasteiger partial charge in [0.05, 0.1) is 11.9 Å². The molecular weight excluding hydrogens is 228 g/mol. The van der Waals surface area contributed by atoms with Crippen LogP contribution in [-0.2, 0) is 11.2 Å². The Kier molecular flexibility index (Phi) is 2.59. The number of rotatable bonds is 3. The van der Waals surface area contributed by atoms with Crippen LogP contribution >= 0.6 is 0 Å². The first kappa shape index (κ1) is 11.0. The summed E-state index contributed by atoms with van der Waals surface area (Å²) in [6.07, 6.45) is 5.87. The fourth-order valence-corrected chi connectivity index (χ4v) is 2.27. The second kappa shape index (κ2) is 4.25. The van der Waals surface area contributed by atoms with E-state index in [4.69, 9.17) is 0 Å². The van der Waals surface area contributed by atoms with Gasteiger partial charge < -0.3 is 9.88 Å². The van der Waals surface area contributed by atoms with E-state index in [1.54, 1.807) is 11.1 Å². The number of carbonyl (C=O) groups is 1. The van der Waals surface area contributed by atoms with Crippen LogP contribution < -0.4 is 0 Å². The number of H-pyrrole nitrogens is 1. The molecule has 1 N–H and O–H groups in total. The molecule has 92 valence electrons. The number of amides is 1. The van der Waals surface area contributed by atoms with Crippen molar-refractivity contribution in [3.05, 3.63) is 36.8 Å². The van der Waals surface area contributed by atoms with Crippen LogP contribution in [0.5, 0.6) is 0 Å². The summed E-state index contributed by atoms with van der Waals surface area (Å²) in [6, 6.07) is 1.92. The molecule has 1 saturated heterocycles. The van der Waals surface area contributed by atoms with Gasteiger partial charge in [0.2, 0.25) is 5.91 Å². The van der Waals surface area contributed by atoms with E-state index in [-0.39, 0.29) is 5.91 Å². The predicted molar refractivity (Wildman–Crippen MR) is 67.9 cm³/mol. The Balaban J connectivity index is 1.64. The number of nitrogens with one attached hydrogen (secondary N) is 1. The number of likely N-dealkylation sites (tertiary alicyclic amines) is 1. The van der Waals surface area contributed by atoms with Crippen LogP contribution in [0.15, 0.2) is 31.1 Å². The van der Waals surface area contributed by atoms with Crippen molar-refractivity contribution >= 4 is 17.1 Å². The molecule has 2 aromatic heterocycles. The van der Waals surface area contributed by atoms with E-state index in [9.17, 15) is 4.79 Å². The van der Waals surface area contributed by atoms with Gasteiger partial charge in [-0.25, -0.2) is 9.97 Å². The van der Waals surface area contributed by atoms with Crippen LogP contribution in [0.25, 0.3) is 11.2 Å². The Bertz CT molecular complexity index is 598. The van der Waals surface area contributed by atoms with Crippen LogP contribution in [0.3, 0.4) is 0 Å². The van der Waals surface area contributed by atoms with Gasteiger partial charge in [0.1, 0.15) is 5.52 Å². The Hall–Kier alpha value is -2.17. The van der Waals surface area contributed by atoms with Gasteiger partial charge in [0.15, 0.2) is 5.65 Å². The van der Waals surface area contributed by atoms with Crippen molar-refractivity contribution in [1.82, 2.24) is 19.9 Å². The average Bonchev–Trinajstić information content (AvgIpc) is 2.79. The van der Waals surface area contributed by atoms with Crippen molar-refractivity contribution in [1.29, 1.82) is 0 Å². The summed E-state index contributed by atoms with van der Waals surface area (Å²) in [5.41, 5.74) is 2.69. The lowest BCUT2D eigenvalue weighted by Crippen LogP contribution is -2.50. The number of fused-ring (bicyclic) bond motifs is 1. The zero-order valence-electron chi connectivity index (χ0n) is 9.97. The van der Waals surface area contributed by atoms with E-state index in [1.165, 1.54) is 6.08 Å². The minimum atomic E-state index is 0.0124. The fourth-order valence-electron chi connectivity index (χ4n) is 2.27. The number of nitrogens with zero attached hydrogens (tertiary/aromatic N) is 3. The monoisotopic (exact) mass is 242 g/mol. The normalized spacial score (nSPS) is 15.7. The van der Waals surface area contributed by atoms with Gasteiger partial charge in [-0.1, -0.05) is 6.58 Å². The van der Waals surface area contributed by atoms with Crippen molar-refractivity contribution in [2.24, 2.45) is 5.92 Å². The summed E-state index contributed by atoms with van der Waals surface area (Å²) in [6.45, 7) is 5.06. The molecule has 3 heterocycles. The lowest BCUT2D eigenvalue weighted by Gasteiger charge is -2.38. The molecule has 5 nitrogen and oxygen atoms in total. The molecule has 0 aliphatic carbocycles. The summed E-state index contributed by atoms with van der Waals surface area (Å²) >= 11 is 0. The standard InChI is InChI=1S/C13H14N4O/c1-2-12(18)17-7-9(8-17)5-10-6-15-13-11(16-10)3-4-14-13/h2-4,6,9H,1,5,7-8H2,(H,14,15). The molecular formula is C13H14N4O. The number of aromatic amines is 1. The van der Waals surface area contributed by atoms with Gasteiger partial charge in [-0.3, -0.25) is 4.79 Å². The van der Waals surface area contributed by atoms with Crippen molar-refractivity contribution in [2.75, 3.05) is 13.1 Å². The molecule has 2 aromatic rings.